The summed E-state index contributed by atoms with van der Waals surface area (Å²) in [6, 6.07) is 14.9. The first kappa shape index (κ1) is 41.2. The van der Waals surface area contributed by atoms with Crippen LogP contribution in [0.15, 0.2) is 81.2 Å². The Labute approximate surface area is 376 Å². The Morgan fingerprint density at radius 3 is 2.43 bits per heavy atom. The molecule has 11 rings (SSSR count). The molecule has 1 aliphatic carbocycles. The van der Waals surface area contributed by atoms with Gasteiger partial charge in [0, 0.05) is 60.9 Å². The number of aromatic nitrogens is 9. The van der Waals surface area contributed by atoms with Crippen molar-refractivity contribution in [2.24, 2.45) is 13.0 Å². The number of amides is 1. The lowest BCUT2D eigenvalue weighted by atomic mass is 9.83. The van der Waals surface area contributed by atoms with Crippen molar-refractivity contribution in [3.8, 4) is 17.2 Å². The molecule has 0 radical (unpaired) electrons. The molecule has 3 aliphatic rings. The van der Waals surface area contributed by atoms with E-state index in [4.69, 9.17) is 26.0 Å². The maximum absolute atomic E-state index is 15.6. The van der Waals surface area contributed by atoms with Crippen LogP contribution >= 0.6 is 11.6 Å². The van der Waals surface area contributed by atoms with E-state index in [0.717, 1.165) is 29.3 Å². The van der Waals surface area contributed by atoms with Gasteiger partial charge < -0.3 is 14.2 Å². The van der Waals surface area contributed by atoms with Gasteiger partial charge in [0.05, 0.1) is 45.4 Å². The standard InChI is InChI=1S/C48H48ClFN10O5/c1-25-18-32(19-26(2)41(25)50)60-42(58-16-15-57(46(58)63)37-11-10-36-33(40(37)49)24-51-55(36)7)39-28(4)56(14-12-34(39)53-60)43(61)38-21-31-20-29(30-13-17-64-47(5,6)23-30)8-9-35(31)59(38)48(22-27(48)3)44-52-45(62)65-54-44/h8-11,15-16,18-21,24,27-28,30H,12-14,17,22-23H2,1-7H3,(H,52,54,62)/t27-,28-,30-,48-/m0/s1. The van der Waals surface area contributed by atoms with Crippen LogP contribution in [-0.2, 0) is 23.7 Å². The average molecular weight is 899 g/mol. The molecule has 0 spiro atoms. The zero-order valence-corrected chi connectivity index (χ0v) is 37.9. The Morgan fingerprint density at radius 2 is 1.72 bits per heavy atom. The predicted octanol–water partition coefficient (Wildman–Crippen LogP) is 7.96. The molecule has 334 valence electrons. The Kier molecular flexibility index (Phi) is 9.19. The quantitative estimate of drug-likeness (QED) is 0.169. The van der Waals surface area contributed by atoms with E-state index < -0.39 is 23.0 Å². The van der Waals surface area contributed by atoms with Gasteiger partial charge in [-0.25, -0.2) is 18.7 Å². The summed E-state index contributed by atoms with van der Waals surface area (Å²) in [6.45, 7) is 12.7. The second-order valence-corrected chi connectivity index (χ2v) is 19.2. The predicted molar refractivity (Wildman–Crippen MR) is 242 cm³/mol. The van der Waals surface area contributed by atoms with Gasteiger partial charge in [0.25, 0.3) is 5.91 Å². The third-order valence-corrected chi connectivity index (χ3v) is 14.6. The fraction of sp³-hybridized carbons (Fsp3) is 0.375. The highest BCUT2D eigenvalue weighted by Crippen LogP contribution is 2.56. The van der Waals surface area contributed by atoms with Gasteiger partial charge in [-0.05, 0) is 125 Å². The number of hydrogen-bond donors (Lipinski definition) is 1. The normalized spacial score (nSPS) is 21.7. The topological polar surface area (TPSA) is 156 Å². The largest absolute Gasteiger partial charge is 0.438 e. The molecule has 7 heterocycles. The second kappa shape index (κ2) is 14.5. The van der Waals surface area contributed by atoms with E-state index in [1.165, 1.54) is 14.7 Å². The zero-order valence-electron chi connectivity index (χ0n) is 37.1. The van der Waals surface area contributed by atoms with Crippen molar-refractivity contribution in [2.45, 2.75) is 90.3 Å². The maximum Gasteiger partial charge on any atom is 0.438 e. The first-order valence-corrected chi connectivity index (χ1v) is 22.4. The van der Waals surface area contributed by atoms with Gasteiger partial charge >= 0.3 is 11.4 Å². The van der Waals surface area contributed by atoms with Crippen LogP contribution in [0.1, 0.15) is 103 Å². The molecule has 0 bridgehead atoms. The van der Waals surface area contributed by atoms with Crippen molar-refractivity contribution < 1.29 is 18.4 Å². The molecular weight excluding hydrogens is 851 g/mol. The van der Waals surface area contributed by atoms with Crippen LogP contribution in [0.5, 0.6) is 0 Å². The van der Waals surface area contributed by atoms with Crippen LogP contribution in [0.3, 0.4) is 0 Å². The first-order chi connectivity index (χ1) is 31.1. The lowest BCUT2D eigenvalue weighted by molar-refractivity contribution is -0.0592. The Balaban J connectivity index is 1.06. The fourth-order valence-corrected chi connectivity index (χ4v) is 11.1. The summed E-state index contributed by atoms with van der Waals surface area (Å²) in [5.41, 5.74) is 5.06. The van der Waals surface area contributed by atoms with Gasteiger partial charge in [-0.15, -0.1) is 0 Å². The van der Waals surface area contributed by atoms with Gasteiger partial charge in [0.1, 0.15) is 22.9 Å². The summed E-state index contributed by atoms with van der Waals surface area (Å²) in [5, 5.41) is 15.6. The van der Waals surface area contributed by atoms with E-state index >= 15 is 9.18 Å². The number of rotatable bonds is 7. The Hall–Kier alpha value is -6.52. The lowest BCUT2D eigenvalue weighted by Crippen LogP contribution is -2.41. The number of aryl methyl sites for hydroxylation is 3. The van der Waals surface area contributed by atoms with Gasteiger partial charge in [-0.1, -0.05) is 29.7 Å². The summed E-state index contributed by atoms with van der Waals surface area (Å²) in [7, 11) is 1.83. The molecule has 2 aliphatic heterocycles. The van der Waals surface area contributed by atoms with E-state index in [0.29, 0.717) is 87.5 Å². The van der Waals surface area contributed by atoms with E-state index in [-0.39, 0.29) is 29.2 Å². The third kappa shape index (κ3) is 6.23. The van der Waals surface area contributed by atoms with Crippen molar-refractivity contribution in [1.82, 2.24) is 48.3 Å². The number of nitrogens with zero attached hydrogens (tertiary/aromatic N) is 9. The number of carbonyl (C=O) groups is 1. The van der Waals surface area contributed by atoms with Crippen molar-refractivity contribution in [1.29, 1.82) is 0 Å². The number of carbonyl (C=O) groups excluding carboxylic acids is 1. The highest BCUT2D eigenvalue weighted by atomic mass is 35.5. The number of H-pyrrole nitrogens is 1. The van der Waals surface area contributed by atoms with Crippen molar-refractivity contribution in [3.63, 3.8) is 0 Å². The van der Waals surface area contributed by atoms with Gasteiger partial charge in [-0.3, -0.25) is 28.1 Å². The summed E-state index contributed by atoms with van der Waals surface area (Å²) >= 11 is 6.96. The summed E-state index contributed by atoms with van der Waals surface area (Å²) in [5.74, 6) is -0.126. The minimum absolute atomic E-state index is 0.0162. The highest BCUT2D eigenvalue weighted by molar-refractivity contribution is 6.37. The Morgan fingerprint density at radius 1 is 0.985 bits per heavy atom. The number of imidazole rings is 1. The number of nitrogens with one attached hydrogen (secondary N) is 1. The molecule has 1 amide bonds. The van der Waals surface area contributed by atoms with E-state index in [1.807, 2.05) is 35.6 Å². The monoisotopic (exact) mass is 898 g/mol. The Bertz CT molecular complexity index is 3380. The van der Waals surface area contributed by atoms with E-state index in [9.17, 15) is 9.59 Å². The number of ether oxygens (including phenoxy) is 1. The van der Waals surface area contributed by atoms with Crippen molar-refractivity contribution >= 4 is 39.3 Å². The SMILES string of the molecule is Cc1cc(-n2nc3c(c2-n2ccn(-c4ccc5c(cnn5C)c4Cl)c2=O)[C@H](C)N(C(=O)c2cc4cc([C@H]5CCOC(C)(C)C5)ccc4n2[C@@]2(c4noc(=O)[nH]4)C[C@@H]2C)CC3)cc(C)c1F. The van der Waals surface area contributed by atoms with E-state index in [1.54, 1.807) is 60.0 Å². The second-order valence-electron chi connectivity index (χ2n) is 18.8. The molecule has 1 N–H and O–H groups in total. The number of hydrogen-bond acceptors (Lipinski definition) is 8. The van der Waals surface area contributed by atoms with Crippen LogP contribution in [0.2, 0.25) is 5.02 Å². The van der Waals surface area contributed by atoms with Crippen LogP contribution in [0.25, 0.3) is 39.0 Å². The molecule has 0 unspecified atom stereocenters. The van der Waals surface area contributed by atoms with Crippen LogP contribution in [0.4, 0.5) is 4.39 Å². The molecule has 65 heavy (non-hydrogen) atoms. The lowest BCUT2D eigenvalue weighted by Gasteiger charge is -2.35. The molecule has 17 heteroatoms. The minimum atomic E-state index is -0.837. The number of fused-ring (bicyclic) bond motifs is 3. The fourth-order valence-electron chi connectivity index (χ4n) is 10.8. The van der Waals surface area contributed by atoms with Crippen molar-refractivity contribution in [3.05, 3.63) is 138 Å². The smallest absolute Gasteiger partial charge is 0.376 e. The molecule has 3 aromatic carbocycles. The number of halogens is 2. The minimum Gasteiger partial charge on any atom is -0.376 e. The molecule has 15 nitrogen and oxygen atoms in total. The maximum atomic E-state index is 15.6. The van der Waals surface area contributed by atoms with Crippen LogP contribution in [-0.4, -0.2) is 73.0 Å². The van der Waals surface area contributed by atoms with Crippen molar-refractivity contribution in [2.75, 3.05) is 13.2 Å². The third-order valence-electron chi connectivity index (χ3n) is 14.2. The van der Waals surface area contributed by atoms with E-state index in [2.05, 4.69) is 54.2 Å². The molecule has 5 aromatic heterocycles. The van der Waals surface area contributed by atoms with Gasteiger partial charge in [-0.2, -0.15) is 10.2 Å². The summed E-state index contributed by atoms with van der Waals surface area (Å²) in [6.07, 6.45) is 7.76. The molecule has 1 saturated carbocycles. The molecular formula is C48H48ClFN10O5. The van der Waals surface area contributed by atoms with Gasteiger partial charge in [0.15, 0.2) is 5.82 Å². The number of benzene rings is 3. The highest BCUT2D eigenvalue weighted by Gasteiger charge is 2.59. The molecule has 2 fully saturated rings. The molecule has 1 saturated heterocycles. The number of aromatic amines is 1. The zero-order chi connectivity index (χ0) is 45.4. The molecule has 4 atom stereocenters. The summed E-state index contributed by atoms with van der Waals surface area (Å²) < 4.78 is 34.7. The van der Waals surface area contributed by atoms with Crippen LogP contribution < -0.4 is 11.4 Å². The first-order valence-electron chi connectivity index (χ1n) is 22.0. The molecule has 8 aromatic rings. The van der Waals surface area contributed by atoms with Crippen LogP contribution in [0, 0.1) is 25.6 Å². The summed E-state index contributed by atoms with van der Waals surface area (Å²) in [4.78, 5) is 47.4. The van der Waals surface area contributed by atoms with Gasteiger partial charge in [0.2, 0.25) is 0 Å². The average Bonchev–Trinajstić information content (AvgIpc) is 3.90.